The van der Waals surface area contributed by atoms with Crippen LogP contribution in [0.3, 0.4) is 0 Å². The number of hydrazine groups is 1. The summed E-state index contributed by atoms with van der Waals surface area (Å²) in [7, 11) is 0. The van der Waals surface area contributed by atoms with Crippen molar-refractivity contribution < 1.29 is 13.9 Å². The average Bonchev–Trinajstić information content (AvgIpc) is 2.14. The molecule has 1 aromatic rings. The van der Waals surface area contributed by atoms with Crippen molar-refractivity contribution in [2.45, 2.75) is 6.10 Å². The van der Waals surface area contributed by atoms with Crippen molar-refractivity contribution in [3.8, 4) is 5.88 Å². The van der Waals surface area contributed by atoms with Crippen molar-refractivity contribution in [2.75, 3.05) is 18.6 Å². The van der Waals surface area contributed by atoms with Gasteiger partial charge >= 0.3 is 0 Å². The number of nitrogens with two attached hydrogens (primary N) is 1. The first kappa shape index (κ1) is 9.10. The lowest BCUT2D eigenvalue weighted by molar-refractivity contribution is -0.0826. The van der Waals surface area contributed by atoms with Gasteiger partial charge in [-0.15, -0.1) is 0 Å². The van der Waals surface area contributed by atoms with Crippen LogP contribution in [0.15, 0.2) is 6.20 Å². The number of nitrogen functional groups attached to an aromatic ring is 1. The van der Waals surface area contributed by atoms with Crippen molar-refractivity contribution in [1.82, 2.24) is 9.97 Å². The molecule has 14 heavy (non-hydrogen) atoms. The Morgan fingerprint density at radius 1 is 1.64 bits per heavy atom. The lowest BCUT2D eigenvalue weighted by Gasteiger charge is -2.26. The van der Waals surface area contributed by atoms with Gasteiger partial charge in [0.15, 0.2) is 0 Å². The fourth-order valence-corrected chi connectivity index (χ4v) is 0.944. The molecule has 0 aromatic carbocycles. The molecule has 0 aliphatic carbocycles. The number of rotatable bonds is 3. The number of aromatic nitrogens is 2. The highest BCUT2D eigenvalue weighted by molar-refractivity contribution is 5.26. The van der Waals surface area contributed by atoms with E-state index in [1.54, 1.807) is 0 Å². The summed E-state index contributed by atoms with van der Waals surface area (Å²) in [5.74, 6) is 4.46. The van der Waals surface area contributed by atoms with E-state index in [0.717, 1.165) is 6.20 Å². The maximum Gasteiger partial charge on any atom is 0.255 e. The first-order chi connectivity index (χ1) is 6.79. The normalized spacial score (nSPS) is 16.1. The molecule has 7 heteroatoms. The van der Waals surface area contributed by atoms with Gasteiger partial charge < -0.3 is 9.47 Å². The molecule has 2 heterocycles. The van der Waals surface area contributed by atoms with E-state index in [2.05, 4.69) is 15.4 Å². The van der Waals surface area contributed by atoms with Crippen LogP contribution < -0.4 is 16.0 Å². The second-order valence-electron chi connectivity index (χ2n) is 2.77. The number of nitrogens with one attached hydrogen (secondary N) is 1. The monoisotopic (exact) mass is 200 g/mol. The molecular weight excluding hydrogens is 191 g/mol. The Bertz CT molecular complexity index is 331. The summed E-state index contributed by atoms with van der Waals surface area (Å²) in [5, 5.41) is 0. The number of halogens is 1. The Kier molecular flexibility index (Phi) is 2.42. The Hall–Kier alpha value is -1.47. The molecule has 6 nitrogen and oxygen atoms in total. The molecule has 3 N–H and O–H groups in total. The van der Waals surface area contributed by atoms with E-state index in [9.17, 15) is 4.39 Å². The van der Waals surface area contributed by atoms with E-state index in [-0.39, 0.29) is 17.9 Å². The van der Waals surface area contributed by atoms with Gasteiger partial charge in [0.1, 0.15) is 6.10 Å². The summed E-state index contributed by atoms with van der Waals surface area (Å²) < 4.78 is 23.1. The van der Waals surface area contributed by atoms with E-state index < -0.39 is 5.82 Å². The van der Waals surface area contributed by atoms with Crippen LogP contribution >= 0.6 is 0 Å². The molecule has 0 atom stereocenters. The molecule has 1 aliphatic heterocycles. The predicted molar refractivity (Wildman–Crippen MR) is 45.0 cm³/mol. The number of anilines is 1. The van der Waals surface area contributed by atoms with Gasteiger partial charge in [-0.1, -0.05) is 0 Å². The van der Waals surface area contributed by atoms with Crippen molar-refractivity contribution in [2.24, 2.45) is 5.84 Å². The maximum absolute atomic E-state index is 13.1. The summed E-state index contributed by atoms with van der Waals surface area (Å²) in [6, 6.07) is 0. The first-order valence-electron chi connectivity index (χ1n) is 4.03. The zero-order chi connectivity index (χ0) is 9.97. The van der Waals surface area contributed by atoms with Gasteiger partial charge in [-0.05, 0) is 0 Å². The lowest BCUT2D eigenvalue weighted by Crippen LogP contribution is -2.39. The Morgan fingerprint density at radius 2 is 2.43 bits per heavy atom. The quantitative estimate of drug-likeness (QED) is 0.514. The minimum absolute atomic E-state index is 0.110. The second kappa shape index (κ2) is 3.72. The summed E-state index contributed by atoms with van der Waals surface area (Å²) in [6.45, 7) is 0.906. The molecule has 0 unspecified atom stereocenters. The second-order valence-corrected chi connectivity index (χ2v) is 2.77. The number of ether oxygens (including phenoxy) is 2. The standard InChI is InChI=1S/C7H9FN4O2/c8-5-1-10-7(12-9)11-6(5)14-4-2-13-3-4/h1,4H,2-3,9H2,(H,10,11,12). The molecule has 1 aromatic heterocycles. The Labute approximate surface area is 79.2 Å². The van der Waals surface area contributed by atoms with Gasteiger partial charge in [0.25, 0.3) is 5.88 Å². The Morgan fingerprint density at radius 3 is 3.00 bits per heavy atom. The highest BCUT2D eigenvalue weighted by atomic mass is 19.1. The van der Waals surface area contributed by atoms with Crippen LogP contribution in [-0.2, 0) is 4.74 Å². The van der Waals surface area contributed by atoms with Gasteiger partial charge in [0.2, 0.25) is 11.8 Å². The largest absolute Gasteiger partial charge is 0.467 e. The molecule has 1 fully saturated rings. The van der Waals surface area contributed by atoms with Gasteiger partial charge in [0, 0.05) is 0 Å². The van der Waals surface area contributed by atoms with Crippen molar-refractivity contribution in [3.63, 3.8) is 0 Å². The van der Waals surface area contributed by atoms with Crippen LogP contribution in [0, 0.1) is 5.82 Å². The van der Waals surface area contributed by atoms with Crippen molar-refractivity contribution in [1.29, 1.82) is 0 Å². The Balaban J connectivity index is 2.13. The third-order valence-corrected chi connectivity index (χ3v) is 1.73. The molecule has 0 spiro atoms. The molecule has 0 bridgehead atoms. The van der Waals surface area contributed by atoms with Crippen molar-refractivity contribution >= 4 is 5.95 Å². The lowest BCUT2D eigenvalue weighted by atomic mass is 10.3. The van der Waals surface area contributed by atoms with E-state index in [0.29, 0.717) is 13.2 Å². The fourth-order valence-electron chi connectivity index (χ4n) is 0.944. The zero-order valence-electron chi connectivity index (χ0n) is 7.24. The highest BCUT2D eigenvalue weighted by Crippen LogP contribution is 2.17. The van der Waals surface area contributed by atoms with Crippen LogP contribution in [0.1, 0.15) is 0 Å². The van der Waals surface area contributed by atoms with E-state index >= 15 is 0 Å². The highest BCUT2D eigenvalue weighted by Gasteiger charge is 2.22. The van der Waals surface area contributed by atoms with Gasteiger partial charge in [-0.3, -0.25) is 5.43 Å². The maximum atomic E-state index is 13.1. The molecule has 0 radical (unpaired) electrons. The third kappa shape index (κ3) is 1.73. The minimum Gasteiger partial charge on any atom is -0.467 e. The van der Waals surface area contributed by atoms with Crippen LogP contribution in [0.2, 0.25) is 0 Å². The van der Waals surface area contributed by atoms with Gasteiger partial charge in [0.05, 0.1) is 19.4 Å². The van der Waals surface area contributed by atoms with Crippen molar-refractivity contribution in [3.05, 3.63) is 12.0 Å². The molecule has 1 saturated heterocycles. The van der Waals surface area contributed by atoms with Crippen LogP contribution in [0.4, 0.5) is 10.3 Å². The number of nitrogens with zero attached hydrogens (tertiary/aromatic N) is 2. The topological polar surface area (TPSA) is 82.3 Å². The van der Waals surface area contributed by atoms with Gasteiger partial charge in [-0.2, -0.15) is 9.37 Å². The molecule has 2 rings (SSSR count). The van der Waals surface area contributed by atoms with Gasteiger partial charge in [-0.25, -0.2) is 10.8 Å². The van der Waals surface area contributed by atoms with Crippen LogP contribution in [0.25, 0.3) is 0 Å². The average molecular weight is 200 g/mol. The third-order valence-electron chi connectivity index (χ3n) is 1.73. The summed E-state index contributed by atoms with van der Waals surface area (Å²) in [4.78, 5) is 7.29. The van der Waals surface area contributed by atoms with E-state index in [1.165, 1.54) is 0 Å². The smallest absolute Gasteiger partial charge is 0.255 e. The number of hydrogen-bond donors (Lipinski definition) is 2. The van der Waals surface area contributed by atoms with E-state index in [1.807, 2.05) is 0 Å². The summed E-state index contributed by atoms with van der Waals surface area (Å²) >= 11 is 0. The summed E-state index contributed by atoms with van der Waals surface area (Å²) in [5.41, 5.74) is 2.20. The van der Waals surface area contributed by atoms with Crippen LogP contribution in [-0.4, -0.2) is 29.3 Å². The summed E-state index contributed by atoms with van der Waals surface area (Å²) in [6.07, 6.45) is 0.863. The SMILES string of the molecule is NNc1ncc(F)c(OC2COC2)n1. The molecule has 0 saturated carbocycles. The fraction of sp³-hybridized carbons (Fsp3) is 0.429. The number of hydrogen-bond acceptors (Lipinski definition) is 6. The minimum atomic E-state index is -0.615. The molecule has 76 valence electrons. The zero-order valence-corrected chi connectivity index (χ0v) is 7.24. The molecule has 0 amide bonds. The van der Waals surface area contributed by atoms with E-state index in [4.69, 9.17) is 15.3 Å². The first-order valence-corrected chi connectivity index (χ1v) is 4.03. The predicted octanol–water partition coefficient (Wildman–Crippen LogP) is -0.321. The molecular formula is C7H9FN4O2. The molecule has 1 aliphatic rings. The van der Waals surface area contributed by atoms with Crippen LogP contribution in [0.5, 0.6) is 5.88 Å².